The number of ketones is 1. The number of Topliss-reactive ketones (excluding diaryl/α,β-unsaturated/α-hetero) is 1. The van der Waals surface area contributed by atoms with Crippen LogP contribution in [-0.2, 0) is 47.6 Å². The Hall–Kier alpha value is -3.03. The van der Waals surface area contributed by atoms with Crippen LogP contribution in [-0.4, -0.2) is 140 Å². The normalized spacial score (nSPS) is 38.2. The topological polar surface area (TPSA) is 269 Å². The molecule has 0 aromatic carbocycles. The Morgan fingerprint density at radius 3 is 2.27 bits per heavy atom. The van der Waals surface area contributed by atoms with Crippen molar-refractivity contribution in [2.75, 3.05) is 13.7 Å². The summed E-state index contributed by atoms with van der Waals surface area (Å²) in [5.74, 6) is -6.30. The van der Waals surface area contributed by atoms with Gasteiger partial charge in [0.2, 0.25) is 0 Å². The highest BCUT2D eigenvalue weighted by atomic mass is 16.7. The number of rotatable bonds is 10. The zero-order valence-corrected chi connectivity index (χ0v) is 25.7. The van der Waals surface area contributed by atoms with Crippen LogP contribution in [0.4, 0.5) is 0 Å². The molecular formula is C28H41NO16. The van der Waals surface area contributed by atoms with Crippen LogP contribution in [0.25, 0.3) is 0 Å². The summed E-state index contributed by atoms with van der Waals surface area (Å²) in [6, 6.07) is 0. The molecule has 2 saturated heterocycles. The minimum Gasteiger partial charge on any atom is -0.508 e. The fourth-order valence-corrected chi connectivity index (χ4v) is 5.73. The van der Waals surface area contributed by atoms with Crippen LogP contribution in [0.2, 0.25) is 0 Å². The van der Waals surface area contributed by atoms with E-state index in [9.17, 15) is 49.8 Å². The van der Waals surface area contributed by atoms with Gasteiger partial charge >= 0.3 is 17.9 Å². The smallest absolute Gasteiger partial charge is 0.341 e. The van der Waals surface area contributed by atoms with Crippen LogP contribution < -0.4 is 0 Å². The molecule has 0 bridgehead atoms. The molecule has 2 aliphatic heterocycles. The Bertz CT molecular complexity index is 1220. The van der Waals surface area contributed by atoms with Gasteiger partial charge in [-0.05, 0) is 13.8 Å². The maximum Gasteiger partial charge on any atom is 0.341 e. The van der Waals surface area contributed by atoms with Gasteiger partial charge in [-0.3, -0.25) is 19.8 Å². The lowest BCUT2D eigenvalue weighted by Crippen LogP contribution is -2.69. The molecule has 3 rings (SSSR count). The number of aliphatic carboxylic acids is 1. The molecule has 8 unspecified atom stereocenters. The van der Waals surface area contributed by atoms with Crippen LogP contribution in [0.1, 0.15) is 47.5 Å². The molecule has 2 fully saturated rings. The number of aliphatic hydroxyl groups excluding tert-OH is 3. The van der Waals surface area contributed by atoms with E-state index in [0.29, 0.717) is 0 Å². The van der Waals surface area contributed by atoms with Gasteiger partial charge in [0.15, 0.2) is 23.3 Å². The second-order valence-electron chi connectivity index (χ2n) is 11.7. The van der Waals surface area contributed by atoms with E-state index in [0.717, 1.165) is 6.92 Å². The van der Waals surface area contributed by atoms with Crippen molar-refractivity contribution < 1.29 is 78.2 Å². The predicted molar refractivity (Wildman–Crippen MR) is 147 cm³/mol. The van der Waals surface area contributed by atoms with Gasteiger partial charge in [-0.2, -0.15) is 0 Å². The fourth-order valence-electron chi connectivity index (χ4n) is 5.73. The van der Waals surface area contributed by atoms with E-state index >= 15 is 0 Å². The minimum atomic E-state index is -2.92. The quantitative estimate of drug-likeness (QED) is 0.133. The molecule has 254 valence electrons. The third-order valence-electron chi connectivity index (χ3n) is 8.37. The van der Waals surface area contributed by atoms with Gasteiger partial charge in [-0.25, -0.2) is 4.79 Å². The SMILES string of the molecule is COC1CC(OC2C(O)C(COC(C)=O)O[C@H]([C@@]3(O)CC(=O)C(=N)C(C(=O)O)=C3O)C2O)OC(C)C1(O)[C@H](C)OC(=O)C(C)C. The second-order valence-corrected chi connectivity index (χ2v) is 11.7. The summed E-state index contributed by atoms with van der Waals surface area (Å²) in [6.07, 6.45) is -15.3. The summed E-state index contributed by atoms with van der Waals surface area (Å²) in [7, 11) is 1.29. The van der Waals surface area contributed by atoms with Crippen molar-refractivity contribution in [3.63, 3.8) is 0 Å². The molecule has 0 aromatic rings. The van der Waals surface area contributed by atoms with E-state index < -0.39 is 126 Å². The first-order valence-corrected chi connectivity index (χ1v) is 14.2. The third kappa shape index (κ3) is 6.90. The van der Waals surface area contributed by atoms with E-state index in [2.05, 4.69) is 0 Å². The van der Waals surface area contributed by atoms with Gasteiger partial charge in [-0.1, -0.05) is 13.8 Å². The molecular weight excluding hydrogens is 606 g/mol. The highest BCUT2D eigenvalue weighted by Gasteiger charge is 2.61. The van der Waals surface area contributed by atoms with Crippen molar-refractivity contribution in [2.45, 2.75) is 114 Å². The first-order chi connectivity index (χ1) is 20.8. The molecule has 1 aliphatic carbocycles. The van der Waals surface area contributed by atoms with Crippen molar-refractivity contribution in [2.24, 2.45) is 5.92 Å². The van der Waals surface area contributed by atoms with Crippen molar-refractivity contribution >= 4 is 29.4 Å². The average molecular weight is 648 g/mol. The van der Waals surface area contributed by atoms with Gasteiger partial charge in [0.25, 0.3) is 0 Å². The largest absolute Gasteiger partial charge is 0.508 e. The summed E-state index contributed by atoms with van der Waals surface area (Å²) in [5, 5.41) is 73.6. The van der Waals surface area contributed by atoms with Crippen LogP contribution in [0.5, 0.6) is 0 Å². The van der Waals surface area contributed by atoms with Crippen LogP contribution in [0, 0.1) is 11.3 Å². The van der Waals surface area contributed by atoms with E-state index in [1.165, 1.54) is 21.0 Å². The van der Waals surface area contributed by atoms with Gasteiger partial charge < -0.3 is 59.1 Å². The van der Waals surface area contributed by atoms with Gasteiger partial charge in [0, 0.05) is 20.5 Å². The number of hydrogen-bond acceptors (Lipinski definition) is 16. The lowest BCUT2D eigenvalue weighted by Gasteiger charge is -2.51. The molecule has 3 aliphatic rings. The number of carboxylic acids is 1. The minimum absolute atomic E-state index is 0.245. The summed E-state index contributed by atoms with van der Waals surface area (Å²) < 4.78 is 33.2. The van der Waals surface area contributed by atoms with Crippen LogP contribution >= 0.6 is 0 Å². The molecule has 17 nitrogen and oxygen atoms in total. The summed E-state index contributed by atoms with van der Waals surface area (Å²) in [5.41, 5.74) is -7.10. The molecule has 0 radical (unpaired) electrons. The van der Waals surface area contributed by atoms with Gasteiger partial charge in [-0.15, -0.1) is 0 Å². The number of carbonyl (C=O) groups excluding carboxylic acids is 3. The highest BCUT2D eigenvalue weighted by molar-refractivity contribution is 6.51. The van der Waals surface area contributed by atoms with Crippen molar-refractivity contribution in [3.8, 4) is 0 Å². The van der Waals surface area contributed by atoms with Crippen LogP contribution in [0.15, 0.2) is 11.3 Å². The van der Waals surface area contributed by atoms with Crippen LogP contribution in [0.3, 0.4) is 0 Å². The Labute approximate surface area is 258 Å². The van der Waals surface area contributed by atoms with Crippen molar-refractivity contribution in [3.05, 3.63) is 11.3 Å². The first kappa shape index (κ1) is 36.4. The molecule has 11 atom stereocenters. The molecule has 0 aromatic heterocycles. The first-order valence-electron chi connectivity index (χ1n) is 14.2. The summed E-state index contributed by atoms with van der Waals surface area (Å²) >= 11 is 0. The maximum absolute atomic E-state index is 12.5. The van der Waals surface area contributed by atoms with Gasteiger partial charge in [0.1, 0.15) is 60.3 Å². The van der Waals surface area contributed by atoms with E-state index in [1.54, 1.807) is 13.8 Å². The number of carbonyl (C=O) groups is 4. The van der Waals surface area contributed by atoms with Crippen molar-refractivity contribution in [1.82, 2.24) is 0 Å². The van der Waals surface area contributed by atoms with Crippen molar-refractivity contribution in [1.29, 1.82) is 5.41 Å². The number of esters is 2. The Kier molecular flexibility index (Phi) is 11.1. The Morgan fingerprint density at radius 1 is 1.11 bits per heavy atom. The Balaban J connectivity index is 1.96. The number of aliphatic hydroxyl groups is 5. The summed E-state index contributed by atoms with van der Waals surface area (Å²) in [4.78, 5) is 48.0. The zero-order chi connectivity index (χ0) is 34.2. The third-order valence-corrected chi connectivity index (χ3v) is 8.37. The molecule has 0 saturated carbocycles. The molecule has 7 N–H and O–H groups in total. The van der Waals surface area contributed by atoms with E-state index in [4.69, 9.17) is 33.8 Å². The standard InChI is InChI=1S/C28H41NO16/c1-10(2)26(37)43-12(4)28(39)11(3)42-17(7-16(28)40-6)45-22-20(32)15(9-41-13(5)30)44-24(21(22)33)27(38)8-14(31)19(29)18(23(27)34)25(35)36/h10-12,15-17,20-22,24,29,32-34,38-39H,7-9H2,1-6H3,(H,35,36)/t11?,12-,15?,16?,17?,20?,21?,22?,24-,27+,28?/m0/s1. The fraction of sp³-hybridized carbons (Fsp3) is 0.750. The zero-order valence-electron chi connectivity index (χ0n) is 25.7. The number of carboxylic acid groups (broad SMARTS) is 1. The van der Waals surface area contributed by atoms with Gasteiger partial charge in [0.05, 0.1) is 24.5 Å². The number of ether oxygens (including phenoxy) is 6. The highest BCUT2D eigenvalue weighted by Crippen LogP contribution is 2.41. The second kappa shape index (κ2) is 13.8. The lowest BCUT2D eigenvalue weighted by atomic mass is 9.74. The monoisotopic (exact) mass is 647 g/mol. The Morgan fingerprint density at radius 2 is 1.73 bits per heavy atom. The number of nitrogens with one attached hydrogen (secondary N) is 1. The van der Waals surface area contributed by atoms with E-state index in [1.807, 2.05) is 0 Å². The molecule has 2 heterocycles. The average Bonchev–Trinajstić information content (AvgIpc) is 2.95. The lowest BCUT2D eigenvalue weighted by molar-refractivity contribution is -0.344. The molecule has 0 spiro atoms. The molecule has 45 heavy (non-hydrogen) atoms. The molecule has 17 heteroatoms. The van der Waals surface area contributed by atoms with E-state index in [-0.39, 0.29) is 6.42 Å². The summed E-state index contributed by atoms with van der Waals surface area (Å²) in [6.45, 7) is 6.55. The maximum atomic E-state index is 12.5. The number of hydrogen-bond donors (Lipinski definition) is 7. The number of methoxy groups -OCH3 is 1. The predicted octanol–water partition coefficient (Wildman–Crippen LogP) is -1.49. The molecule has 0 amide bonds.